The lowest BCUT2D eigenvalue weighted by molar-refractivity contribution is -0.127. The Labute approximate surface area is 287 Å². The van der Waals surface area contributed by atoms with Gasteiger partial charge < -0.3 is 14.4 Å². The normalized spacial score (nSPS) is 18.6. The van der Waals surface area contributed by atoms with Gasteiger partial charge in [0.1, 0.15) is 6.07 Å². The molecule has 4 heterocycles. The molecule has 1 amide bonds. The van der Waals surface area contributed by atoms with Crippen molar-refractivity contribution in [2.75, 3.05) is 57.9 Å². The molecule has 3 aliphatic rings. The molecule has 3 aromatic rings. The molecule has 2 aromatic heterocycles. The van der Waals surface area contributed by atoms with Crippen LogP contribution in [-0.4, -0.2) is 111 Å². The number of hydrogen-bond donors (Lipinski definition) is 1. The molecule has 0 unspecified atom stereocenters. The Morgan fingerprint density at radius 2 is 1.59 bits per heavy atom. The lowest BCUT2D eigenvalue weighted by atomic mass is 9.95. The molecule has 14 heteroatoms. The van der Waals surface area contributed by atoms with Crippen LogP contribution in [0.2, 0.25) is 0 Å². The largest absolute Gasteiger partial charge is 0.318 e. The maximum atomic E-state index is 13.6. The number of hydrazine groups is 1. The predicted molar refractivity (Wildman–Crippen MR) is 183 cm³/mol. The second-order valence-corrected chi connectivity index (χ2v) is 13.5. The van der Waals surface area contributed by atoms with E-state index in [0.717, 1.165) is 71.2 Å². The number of carbonyl (C=O) groups is 2. The zero-order valence-electron chi connectivity index (χ0n) is 28.8. The Bertz CT molecular complexity index is 1590. The molecule has 12 nitrogen and oxygen atoms in total. The SMILES string of the molecule is CC(=O)C(F)F.CN1CCC(CN2CCN(Cc3ccc(C(=O)NN(c4nc(C#N)nc5c4ncn5C)C4CCCCC4)cc3)CC2)CC1. The molecule has 0 atom stereocenters. The highest BCUT2D eigenvalue weighted by molar-refractivity contribution is 5.96. The molecule has 1 aliphatic carbocycles. The molecule has 0 bridgehead atoms. The molecule has 1 N–H and O–H groups in total. The number of anilines is 1. The molecule has 2 saturated heterocycles. The third-order valence-electron chi connectivity index (χ3n) is 9.78. The van der Waals surface area contributed by atoms with Gasteiger partial charge in [0.2, 0.25) is 5.82 Å². The molecule has 49 heavy (non-hydrogen) atoms. The first-order valence-electron chi connectivity index (χ1n) is 17.3. The van der Waals surface area contributed by atoms with Crippen molar-refractivity contribution in [3.8, 4) is 6.07 Å². The lowest BCUT2D eigenvalue weighted by Crippen LogP contribution is -2.50. The number of carbonyl (C=O) groups excluding carboxylic acids is 2. The first-order valence-corrected chi connectivity index (χ1v) is 17.3. The smallest absolute Gasteiger partial charge is 0.295 e. The highest BCUT2D eigenvalue weighted by Gasteiger charge is 2.29. The van der Waals surface area contributed by atoms with Gasteiger partial charge in [0.25, 0.3) is 12.3 Å². The van der Waals surface area contributed by atoms with Gasteiger partial charge in [-0.05, 0) is 69.4 Å². The maximum Gasteiger partial charge on any atom is 0.295 e. The van der Waals surface area contributed by atoms with Crippen molar-refractivity contribution in [2.45, 2.75) is 70.9 Å². The number of nitrogens with zero attached hydrogens (tertiary/aromatic N) is 9. The third-order valence-corrected chi connectivity index (χ3v) is 9.78. The first kappa shape index (κ1) is 36.2. The number of piperidine rings is 1. The number of rotatable bonds is 9. The van der Waals surface area contributed by atoms with Gasteiger partial charge in [-0.2, -0.15) is 15.2 Å². The Morgan fingerprint density at radius 3 is 2.20 bits per heavy atom. The van der Waals surface area contributed by atoms with Crippen molar-refractivity contribution in [1.29, 1.82) is 5.26 Å². The van der Waals surface area contributed by atoms with Gasteiger partial charge in [-0.15, -0.1) is 0 Å². The van der Waals surface area contributed by atoms with Crippen molar-refractivity contribution in [3.63, 3.8) is 0 Å². The van der Waals surface area contributed by atoms with Gasteiger partial charge in [0.15, 0.2) is 22.8 Å². The van der Waals surface area contributed by atoms with Crippen LogP contribution in [0.5, 0.6) is 0 Å². The highest BCUT2D eigenvalue weighted by atomic mass is 19.3. The van der Waals surface area contributed by atoms with Gasteiger partial charge in [-0.1, -0.05) is 31.4 Å². The van der Waals surface area contributed by atoms with Crippen molar-refractivity contribution in [2.24, 2.45) is 13.0 Å². The summed E-state index contributed by atoms with van der Waals surface area (Å²) in [5.74, 6) is 0.117. The van der Waals surface area contributed by atoms with Crippen LogP contribution in [0.1, 0.15) is 73.6 Å². The number of alkyl halides is 2. The van der Waals surface area contributed by atoms with E-state index in [1.807, 2.05) is 24.2 Å². The lowest BCUT2D eigenvalue weighted by Gasteiger charge is -2.38. The quantitative estimate of drug-likeness (QED) is 0.332. The van der Waals surface area contributed by atoms with Crippen LogP contribution in [0.4, 0.5) is 14.6 Å². The molecular formula is C35H48F2N10O2. The van der Waals surface area contributed by atoms with Crippen LogP contribution in [0, 0.1) is 17.2 Å². The van der Waals surface area contributed by atoms with E-state index in [2.05, 4.69) is 60.3 Å². The monoisotopic (exact) mass is 678 g/mol. The molecular weight excluding hydrogens is 630 g/mol. The Balaban J connectivity index is 0.000000717. The zero-order chi connectivity index (χ0) is 34.9. The van der Waals surface area contributed by atoms with Gasteiger partial charge in [0, 0.05) is 58.8 Å². The summed E-state index contributed by atoms with van der Waals surface area (Å²) in [6, 6.07) is 10.1. The van der Waals surface area contributed by atoms with Crippen LogP contribution < -0.4 is 10.4 Å². The number of nitriles is 1. The summed E-state index contributed by atoms with van der Waals surface area (Å²) in [7, 11) is 4.07. The summed E-state index contributed by atoms with van der Waals surface area (Å²) in [4.78, 5) is 44.0. The number of piperazine rings is 1. The number of nitrogens with one attached hydrogen (secondary N) is 1. The number of fused-ring (bicyclic) bond motifs is 1. The summed E-state index contributed by atoms with van der Waals surface area (Å²) in [6.45, 7) is 9.87. The van der Waals surface area contributed by atoms with E-state index in [4.69, 9.17) is 0 Å². The minimum atomic E-state index is -2.79. The Kier molecular flexibility index (Phi) is 12.6. The fourth-order valence-electron chi connectivity index (χ4n) is 6.80. The van der Waals surface area contributed by atoms with E-state index in [1.165, 1.54) is 44.5 Å². The summed E-state index contributed by atoms with van der Waals surface area (Å²) in [5, 5.41) is 11.5. The van der Waals surface area contributed by atoms with E-state index >= 15 is 0 Å². The minimum absolute atomic E-state index is 0.0631. The number of ketones is 1. The molecule has 1 aromatic carbocycles. The van der Waals surface area contributed by atoms with E-state index in [9.17, 15) is 23.6 Å². The van der Waals surface area contributed by atoms with Gasteiger partial charge in [-0.25, -0.2) is 13.8 Å². The number of amides is 1. The van der Waals surface area contributed by atoms with Gasteiger partial charge >= 0.3 is 0 Å². The fraction of sp³-hybridized carbons (Fsp3) is 0.600. The molecule has 264 valence electrons. The van der Waals surface area contributed by atoms with Gasteiger partial charge in [-0.3, -0.25) is 24.9 Å². The summed E-state index contributed by atoms with van der Waals surface area (Å²) in [6.07, 6.45) is 6.74. The number of imidazole rings is 1. The fourth-order valence-corrected chi connectivity index (χ4v) is 6.80. The predicted octanol–water partition coefficient (Wildman–Crippen LogP) is 4.02. The van der Waals surface area contributed by atoms with E-state index in [-0.39, 0.29) is 17.8 Å². The molecule has 1 saturated carbocycles. The van der Waals surface area contributed by atoms with E-state index < -0.39 is 12.2 Å². The second kappa shape index (κ2) is 17.0. The van der Waals surface area contributed by atoms with Crippen molar-refractivity contribution >= 4 is 28.7 Å². The molecule has 2 aliphatic heterocycles. The summed E-state index contributed by atoms with van der Waals surface area (Å²) >= 11 is 0. The average molecular weight is 679 g/mol. The Morgan fingerprint density at radius 1 is 0.959 bits per heavy atom. The van der Waals surface area contributed by atoms with Crippen LogP contribution in [0.3, 0.4) is 0 Å². The first-order chi connectivity index (χ1) is 23.6. The summed E-state index contributed by atoms with van der Waals surface area (Å²) < 4.78 is 23.4. The highest BCUT2D eigenvalue weighted by Crippen LogP contribution is 2.29. The van der Waals surface area contributed by atoms with Crippen LogP contribution in [0.15, 0.2) is 30.6 Å². The number of benzene rings is 1. The Hall–Kier alpha value is -4.06. The number of likely N-dealkylation sites (tertiary alicyclic amines) is 1. The number of aromatic nitrogens is 4. The molecule has 3 fully saturated rings. The zero-order valence-corrected chi connectivity index (χ0v) is 28.8. The van der Waals surface area contributed by atoms with Crippen LogP contribution in [0.25, 0.3) is 11.2 Å². The third kappa shape index (κ3) is 9.77. The van der Waals surface area contributed by atoms with E-state index in [1.54, 1.807) is 10.9 Å². The number of hydrogen-bond acceptors (Lipinski definition) is 10. The molecule has 0 radical (unpaired) electrons. The second-order valence-electron chi connectivity index (χ2n) is 13.5. The average Bonchev–Trinajstić information content (AvgIpc) is 3.49. The van der Waals surface area contributed by atoms with Crippen molar-refractivity contribution < 1.29 is 18.4 Å². The van der Waals surface area contributed by atoms with Gasteiger partial charge in [0.05, 0.1) is 12.4 Å². The molecule has 6 rings (SSSR count). The van der Waals surface area contributed by atoms with Crippen molar-refractivity contribution in [3.05, 3.63) is 47.5 Å². The topological polar surface area (TPSA) is 127 Å². The number of Topliss-reactive ketones (excluding diaryl/α,β-unsaturated/α-hetero) is 1. The summed E-state index contributed by atoms with van der Waals surface area (Å²) in [5.41, 5.74) is 6.10. The minimum Gasteiger partial charge on any atom is -0.318 e. The standard InChI is InChI=1S/C32H44N10O.C3H4F2O/c1-38-14-12-25(13-15-38)22-41-18-16-40(17-19-41)21-24-8-10-26(11-9-24)32(43)37-42(27-6-4-3-5-7-27)31-29-30(39(2)23-34-29)35-28(20-33)36-31;1-2(6)3(4)5/h8-11,23,25,27H,3-7,12-19,21-22H2,1-2H3,(H,37,43);3H,1H3. The van der Waals surface area contributed by atoms with E-state index in [0.29, 0.717) is 22.5 Å². The van der Waals surface area contributed by atoms with Crippen molar-refractivity contribution in [1.82, 2.24) is 39.6 Å². The number of aryl methyl sites for hydroxylation is 1. The number of halogens is 2. The van der Waals surface area contributed by atoms with Crippen LogP contribution in [-0.2, 0) is 18.4 Å². The van der Waals surface area contributed by atoms with Crippen LogP contribution >= 0.6 is 0 Å². The maximum absolute atomic E-state index is 13.6. The molecule has 0 spiro atoms.